The molecule has 1 aliphatic rings. The lowest BCUT2D eigenvalue weighted by molar-refractivity contribution is 0.146. The van der Waals surface area contributed by atoms with Gasteiger partial charge < -0.3 is 14.2 Å². The van der Waals surface area contributed by atoms with E-state index in [-0.39, 0.29) is 0 Å². The van der Waals surface area contributed by atoms with Crippen LogP contribution in [0.5, 0.6) is 5.75 Å². The molecule has 1 heterocycles. The first-order chi connectivity index (χ1) is 6.90. The normalized spacial score (nSPS) is 19.4. The predicted octanol–water partition coefficient (Wildman–Crippen LogP) is 1.78. The maximum Gasteiger partial charge on any atom is 0.119 e. The molecule has 1 aromatic rings. The predicted molar refractivity (Wildman–Crippen MR) is 52.5 cm³/mol. The molecular formula is C11H14O3. The van der Waals surface area contributed by atoms with Crippen LogP contribution in [0.25, 0.3) is 0 Å². The summed E-state index contributed by atoms with van der Waals surface area (Å²) < 4.78 is 15.5. The van der Waals surface area contributed by atoms with Crippen molar-refractivity contribution in [2.75, 3.05) is 26.9 Å². The molecule has 0 bridgehead atoms. The Kier molecular flexibility index (Phi) is 3.01. The summed E-state index contributed by atoms with van der Waals surface area (Å²) in [6.45, 7) is 2.06. The number of benzene rings is 1. The van der Waals surface area contributed by atoms with Crippen molar-refractivity contribution in [3.8, 4) is 5.75 Å². The van der Waals surface area contributed by atoms with Gasteiger partial charge in [0.1, 0.15) is 18.5 Å². The molecule has 1 fully saturated rings. The Balaban J connectivity index is 1.86. The number of hydrogen-bond donors (Lipinski definition) is 0. The first kappa shape index (κ1) is 9.49. The summed E-state index contributed by atoms with van der Waals surface area (Å²) in [5, 5.41) is 0. The second-order valence-corrected chi connectivity index (χ2v) is 3.23. The number of epoxide rings is 1. The monoisotopic (exact) mass is 194 g/mol. The van der Waals surface area contributed by atoms with Crippen molar-refractivity contribution in [2.24, 2.45) is 0 Å². The average Bonchev–Trinajstić information content (AvgIpc) is 3.03. The highest BCUT2D eigenvalue weighted by atomic mass is 16.6. The van der Waals surface area contributed by atoms with Crippen molar-refractivity contribution in [1.29, 1.82) is 0 Å². The van der Waals surface area contributed by atoms with Crippen molar-refractivity contribution >= 4 is 0 Å². The largest absolute Gasteiger partial charge is 0.491 e. The van der Waals surface area contributed by atoms with Gasteiger partial charge in [-0.3, -0.25) is 0 Å². The molecule has 1 unspecified atom stereocenters. The van der Waals surface area contributed by atoms with E-state index >= 15 is 0 Å². The maximum atomic E-state index is 5.44. The smallest absolute Gasteiger partial charge is 0.119 e. The van der Waals surface area contributed by atoms with E-state index in [0.717, 1.165) is 12.4 Å². The van der Waals surface area contributed by atoms with Gasteiger partial charge in [0.15, 0.2) is 0 Å². The zero-order valence-corrected chi connectivity index (χ0v) is 8.23. The Morgan fingerprint density at radius 2 is 2.00 bits per heavy atom. The van der Waals surface area contributed by atoms with Crippen LogP contribution in [0.2, 0.25) is 0 Å². The second kappa shape index (κ2) is 4.44. The third-order valence-electron chi connectivity index (χ3n) is 2.14. The highest BCUT2D eigenvalue weighted by molar-refractivity contribution is 5.29. The fraction of sp³-hybridized carbons (Fsp3) is 0.455. The molecule has 0 amide bonds. The quantitative estimate of drug-likeness (QED) is 0.529. The summed E-state index contributed by atoms with van der Waals surface area (Å²) >= 11 is 0. The molecule has 0 radical (unpaired) electrons. The van der Waals surface area contributed by atoms with Gasteiger partial charge in [-0.25, -0.2) is 0 Å². The molecule has 2 rings (SSSR count). The van der Waals surface area contributed by atoms with Gasteiger partial charge in [-0.2, -0.15) is 0 Å². The van der Waals surface area contributed by atoms with Crippen LogP contribution in [0, 0.1) is 0 Å². The van der Waals surface area contributed by atoms with E-state index in [9.17, 15) is 0 Å². The van der Waals surface area contributed by atoms with Gasteiger partial charge in [0.25, 0.3) is 0 Å². The topological polar surface area (TPSA) is 31.0 Å². The van der Waals surface area contributed by atoms with Gasteiger partial charge >= 0.3 is 0 Å². The van der Waals surface area contributed by atoms with Crippen LogP contribution in [-0.2, 0) is 9.47 Å². The van der Waals surface area contributed by atoms with Crippen LogP contribution >= 0.6 is 0 Å². The van der Waals surface area contributed by atoms with Crippen LogP contribution < -0.4 is 4.74 Å². The molecule has 0 saturated carbocycles. The van der Waals surface area contributed by atoms with Gasteiger partial charge in [-0.15, -0.1) is 0 Å². The van der Waals surface area contributed by atoms with Crippen LogP contribution in [0.1, 0.15) is 11.7 Å². The van der Waals surface area contributed by atoms with Gasteiger partial charge in [0.2, 0.25) is 0 Å². The van der Waals surface area contributed by atoms with Crippen LogP contribution in [0.15, 0.2) is 24.3 Å². The first-order valence-corrected chi connectivity index (χ1v) is 4.73. The molecule has 14 heavy (non-hydrogen) atoms. The lowest BCUT2D eigenvalue weighted by Crippen LogP contribution is -2.03. The summed E-state index contributed by atoms with van der Waals surface area (Å²) in [7, 11) is 1.66. The number of methoxy groups -OCH3 is 1. The highest BCUT2D eigenvalue weighted by Gasteiger charge is 2.24. The van der Waals surface area contributed by atoms with Gasteiger partial charge in [0.05, 0.1) is 13.2 Å². The fourth-order valence-electron chi connectivity index (χ4n) is 1.26. The maximum absolute atomic E-state index is 5.44. The van der Waals surface area contributed by atoms with E-state index in [0.29, 0.717) is 19.3 Å². The lowest BCUT2D eigenvalue weighted by Gasteiger charge is -2.05. The van der Waals surface area contributed by atoms with Gasteiger partial charge in [-0.1, -0.05) is 12.1 Å². The van der Waals surface area contributed by atoms with Crippen molar-refractivity contribution in [2.45, 2.75) is 6.10 Å². The summed E-state index contributed by atoms with van der Waals surface area (Å²) in [4.78, 5) is 0. The lowest BCUT2D eigenvalue weighted by atomic mass is 10.2. The van der Waals surface area contributed by atoms with Crippen molar-refractivity contribution in [3.05, 3.63) is 29.8 Å². The Hall–Kier alpha value is -1.06. The molecule has 0 aromatic heterocycles. The number of ether oxygens (including phenoxy) is 3. The standard InChI is InChI=1S/C11H14O3/c1-12-6-7-13-10-4-2-9(3-5-10)11-8-14-11/h2-5,11H,6-8H2,1H3. The molecule has 0 spiro atoms. The number of rotatable bonds is 5. The molecule has 0 N–H and O–H groups in total. The first-order valence-electron chi connectivity index (χ1n) is 4.73. The summed E-state index contributed by atoms with van der Waals surface area (Å²) in [5.74, 6) is 0.881. The highest BCUT2D eigenvalue weighted by Crippen LogP contribution is 2.30. The van der Waals surface area contributed by atoms with Crippen molar-refractivity contribution < 1.29 is 14.2 Å². The summed E-state index contributed by atoms with van der Waals surface area (Å²) in [6, 6.07) is 8.01. The molecule has 3 nitrogen and oxygen atoms in total. The SMILES string of the molecule is COCCOc1ccc(C2CO2)cc1. The molecular weight excluding hydrogens is 180 g/mol. The molecule has 1 aromatic carbocycles. The minimum absolute atomic E-state index is 0.322. The minimum Gasteiger partial charge on any atom is -0.491 e. The molecule has 1 atom stereocenters. The van der Waals surface area contributed by atoms with Crippen LogP contribution in [-0.4, -0.2) is 26.9 Å². The molecule has 76 valence electrons. The van der Waals surface area contributed by atoms with E-state index in [1.807, 2.05) is 24.3 Å². The van der Waals surface area contributed by atoms with Crippen molar-refractivity contribution in [3.63, 3.8) is 0 Å². The number of hydrogen-bond acceptors (Lipinski definition) is 3. The van der Waals surface area contributed by atoms with E-state index in [1.54, 1.807) is 7.11 Å². The van der Waals surface area contributed by atoms with E-state index in [2.05, 4.69) is 0 Å². The summed E-state index contributed by atoms with van der Waals surface area (Å²) in [6.07, 6.45) is 0.322. The average molecular weight is 194 g/mol. The fourth-order valence-corrected chi connectivity index (χ4v) is 1.26. The van der Waals surface area contributed by atoms with Crippen LogP contribution in [0.4, 0.5) is 0 Å². The minimum atomic E-state index is 0.322. The van der Waals surface area contributed by atoms with E-state index in [1.165, 1.54) is 5.56 Å². The molecule has 1 saturated heterocycles. The zero-order valence-electron chi connectivity index (χ0n) is 8.23. The van der Waals surface area contributed by atoms with E-state index in [4.69, 9.17) is 14.2 Å². The Morgan fingerprint density at radius 3 is 2.57 bits per heavy atom. The van der Waals surface area contributed by atoms with E-state index < -0.39 is 0 Å². The third kappa shape index (κ3) is 2.47. The second-order valence-electron chi connectivity index (χ2n) is 3.23. The Bertz CT molecular complexity index is 277. The Labute approximate surface area is 83.6 Å². The molecule has 1 aliphatic heterocycles. The molecule has 3 heteroatoms. The van der Waals surface area contributed by atoms with Gasteiger partial charge in [-0.05, 0) is 17.7 Å². The zero-order chi connectivity index (χ0) is 9.80. The molecule has 0 aliphatic carbocycles. The third-order valence-corrected chi connectivity index (χ3v) is 2.14. The Morgan fingerprint density at radius 1 is 1.29 bits per heavy atom. The van der Waals surface area contributed by atoms with Crippen molar-refractivity contribution in [1.82, 2.24) is 0 Å². The summed E-state index contributed by atoms with van der Waals surface area (Å²) in [5.41, 5.74) is 1.23. The van der Waals surface area contributed by atoms with Gasteiger partial charge in [0, 0.05) is 7.11 Å². The van der Waals surface area contributed by atoms with Crippen LogP contribution in [0.3, 0.4) is 0 Å².